The van der Waals surface area contributed by atoms with Gasteiger partial charge >= 0.3 is 5.97 Å². The lowest BCUT2D eigenvalue weighted by atomic mass is 10.0. The van der Waals surface area contributed by atoms with Crippen LogP contribution in [0.2, 0.25) is 0 Å². The summed E-state index contributed by atoms with van der Waals surface area (Å²) in [5.74, 6) is -1.06. The van der Waals surface area contributed by atoms with E-state index in [2.05, 4.69) is 0 Å². The zero-order valence-electron chi connectivity index (χ0n) is 11.1. The molecule has 1 fully saturated rings. The summed E-state index contributed by atoms with van der Waals surface area (Å²) < 4.78 is 36.0. The number of hydrogen-bond donors (Lipinski definition) is 1. The Labute approximate surface area is 116 Å². The molecule has 0 bridgehead atoms. The molecule has 1 aliphatic heterocycles. The topological polar surface area (TPSA) is 93.1 Å². The van der Waals surface area contributed by atoms with Crippen LogP contribution in [-0.2, 0) is 14.8 Å². The van der Waals surface area contributed by atoms with Gasteiger partial charge in [0.15, 0.2) is 0 Å². The molecule has 0 atom stereocenters. The number of sulfonamides is 1. The van der Waals surface area contributed by atoms with Gasteiger partial charge in [0.05, 0.1) is 20.1 Å². The van der Waals surface area contributed by atoms with E-state index >= 15 is 0 Å². The SMILES string of the molecule is COc1ccc(OC)c(S(=O)(=O)N2CC(C(=O)O)C2)c1. The van der Waals surface area contributed by atoms with Crippen LogP contribution in [0.4, 0.5) is 0 Å². The second-order valence-corrected chi connectivity index (χ2v) is 6.28. The van der Waals surface area contributed by atoms with E-state index in [-0.39, 0.29) is 23.7 Å². The predicted octanol–water partition coefficient (Wildman–Crippen LogP) is 0.409. The van der Waals surface area contributed by atoms with Crippen LogP contribution in [0.15, 0.2) is 23.1 Å². The lowest BCUT2D eigenvalue weighted by Gasteiger charge is -2.35. The summed E-state index contributed by atoms with van der Waals surface area (Å²) in [6, 6.07) is 4.45. The number of hydrogen-bond acceptors (Lipinski definition) is 5. The maximum absolute atomic E-state index is 12.4. The zero-order chi connectivity index (χ0) is 14.9. The molecule has 1 saturated heterocycles. The van der Waals surface area contributed by atoms with Gasteiger partial charge in [-0.25, -0.2) is 8.42 Å². The van der Waals surface area contributed by atoms with Crippen LogP contribution < -0.4 is 9.47 Å². The molecule has 0 spiro atoms. The van der Waals surface area contributed by atoms with Crippen molar-refractivity contribution < 1.29 is 27.8 Å². The first-order chi connectivity index (χ1) is 9.40. The number of aliphatic carboxylic acids is 1. The van der Waals surface area contributed by atoms with Gasteiger partial charge in [-0.2, -0.15) is 4.31 Å². The Hall–Kier alpha value is -1.80. The molecule has 110 valence electrons. The Bertz CT molecular complexity index is 621. The fourth-order valence-electron chi connectivity index (χ4n) is 1.92. The number of carbonyl (C=O) groups is 1. The Kier molecular flexibility index (Phi) is 3.87. The van der Waals surface area contributed by atoms with E-state index in [1.807, 2.05) is 0 Å². The molecular formula is C12H15NO6S. The Morgan fingerprint density at radius 2 is 1.95 bits per heavy atom. The molecule has 2 rings (SSSR count). The molecule has 1 aliphatic rings. The molecule has 1 aromatic rings. The van der Waals surface area contributed by atoms with E-state index in [4.69, 9.17) is 14.6 Å². The lowest BCUT2D eigenvalue weighted by Crippen LogP contribution is -2.52. The van der Waals surface area contributed by atoms with Gasteiger partial charge in [0.25, 0.3) is 0 Å². The Morgan fingerprint density at radius 3 is 2.45 bits per heavy atom. The third kappa shape index (κ3) is 2.44. The normalized spacial score (nSPS) is 16.5. The van der Waals surface area contributed by atoms with Crippen LogP contribution in [0.3, 0.4) is 0 Å². The molecule has 7 nitrogen and oxygen atoms in total. The first-order valence-electron chi connectivity index (χ1n) is 5.85. The number of nitrogens with zero attached hydrogens (tertiary/aromatic N) is 1. The molecule has 8 heteroatoms. The highest BCUT2D eigenvalue weighted by molar-refractivity contribution is 7.89. The van der Waals surface area contributed by atoms with E-state index in [0.717, 1.165) is 4.31 Å². The van der Waals surface area contributed by atoms with Crippen LogP contribution in [0.25, 0.3) is 0 Å². The third-order valence-electron chi connectivity index (χ3n) is 3.19. The minimum atomic E-state index is -3.78. The summed E-state index contributed by atoms with van der Waals surface area (Å²) in [5, 5.41) is 8.80. The van der Waals surface area contributed by atoms with Crippen LogP contribution in [0.5, 0.6) is 11.5 Å². The average molecular weight is 301 g/mol. The lowest BCUT2D eigenvalue weighted by molar-refractivity contribution is -0.145. The van der Waals surface area contributed by atoms with E-state index in [1.165, 1.54) is 26.4 Å². The van der Waals surface area contributed by atoms with Crippen molar-refractivity contribution >= 4 is 16.0 Å². The molecule has 0 aliphatic carbocycles. The fourth-order valence-corrected chi connectivity index (χ4v) is 3.62. The minimum absolute atomic E-state index is 0.0248. The highest BCUT2D eigenvalue weighted by Crippen LogP contribution is 2.33. The quantitative estimate of drug-likeness (QED) is 0.846. The molecular weight excluding hydrogens is 286 g/mol. The minimum Gasteiger partial charge on any atom is -0.497 e. The van der Waals surface area contributed by atoms with Crippen molar-refractivity contribution in [2.75, 3.05) is 27.3 Å². The molecule has 0 amide bonds. The summed E-state index contributed by atoms with van der Waals surface area (Å²) in [5.41, 5.74) is 0. The molecule has 20 heavy (non-hydrogen) atoms. The molecule has 0 saturated carbocycles. The largest absolute Gasteiger partial charge is 0.497 e. The summed E-state index contributed by atoms with van der Waals surface area (Å²) >= 11 is 0. The number of carboxylic acids is 1. The highest BCUT2D eigenvalue weighted by atomic mass is 32.2. The maximum atomic E-state index is 12.4. The molecule has 0 aromatic heterocycles. The van der Waals surface area contributed by atoms with E-state index < -0.39 is 21.9 Å². The molecule has 1 aromatic carbocycles. The number of methoxy groups -OCH3 is 2. The second kappa shape index (κ2) is 5.29. The monoisotopic (exact) mass is 301 g/mol. The van der Waals surface area contributed by atoms with E-state index in [0.29, 0.717) is 5.75 Å². The van der Waals surface area contributed by atoms with Gasteiger partial charge < -0.3 is 14.6 Å². The van der Waals surface area contributed by atoms with E-state index in [9.17, 15) is 13.2 Å². The first-order valence-corrected chi connectivity index (χ1v) is 7.29. The maximum Gasteiger partial charge on any atom is 0.309 e. The Balaban J connectivity index is 2.32. The summed E-state index contributed by atoms with van der Waals surface area (Å²) in [6.07, 6.45) is 0. The van der Waals surface area contributed by atoms with Gasteiger partial charge in [0.1, 0.15) is 16.4 Å². The van der Waals surface area contributed by atoms with Crippen molar-refractivity contribution in [1.82, 2.24) is 4.31 Å². The number of ether oxygens (including phenoxy) is 2. The molecule has 0 radical (unpaired) electrons. The van der Waals surface area contributed by atoms with Crippen molar-refractivity contribution in [3.05, 3.63) is 18.2 Å². The van der Waals surface area contributed by atoms with Gasteiger partial charge in [-0.3, -0.25) is 4.79 Å². The van der Waals surface area contributed by atoms with Crippen molar-refractivity contribution in [3.63, 3.8) is 0 Å². The van der Waals surface area contributed by atoms with Crippen LogP contribution in [0, 0.1) is 5.92 Å². The van der Waals surface area contributed by atoms with E-state index in [1.54, 1.807) is 6.07 Å². The van der Waals surface area contributed by atoms with Gasteiger partial charge in [-0.15, -0.1) is 0 Å². The summed E-state index contributed by atoms with van der Waals surface area (Å²) in [4.78, 5) is 10.7. The first kappa shape index (κ1) is 14.6. The van der Waals surface area contributed by atoms with Gasteiger partial charge in [0, 0.05) is 19.2 Å². The zero-order valence-corrected chi connectivity index (χ0v) is 11.9. The number of benzene rings is 1. The highest BCUT2D eigenvalue weighted by Gasteiger charge is 2.41. The smallest absolute Gasteiger partial charge is 0.309 e. The van der Waals surface area contributed by atoms with Crippen LogP contribution >= 0.6 is 0 Å². The van der Waals surface area contributed by atoms with Gasteiger partial charge in [-0.05, 0) is 12.1 Å². The molecule has 1 N–H and O–H groups in total. The predicted molar refractivity (Wildman–Crippen MR) is 69.4 cm³/mol. The average Bonchev–Trinajstić information content (AvgIpc) is 2.35. The summed E-state index contributed by atoms with van der Waals surface area (Å²) in [7, 11) is -0.974. The van der Waals surface area contributed by atoms with Crippen LogP contribution in [0.1, 0.15) is 0 Å². The second-order valence-electron chi connectivity index (χ2n) is 4.37. The van der Waals surface area contributed by atoms with Crippen molar-refractivity contribution in [2.24, 2.45) is 5.92 Å². The summed E-state index contributed by atoms with van der Waals surface area (Å²) in [6.45, 7) is -0.0595. The number of rotatable bonds is 5. The van der Waals surface area contributed by atoms with Crippen molar-refractivity contribution in [3.8, 4) is 11.5 Å². The molecule has 1 heterocycles. The van der Waals surface area contributed by atoms with Crippen molar-refractivity contribution in [1.29, 1.82) is 0 Å². The van der Waals surface area contributed by atoms with Gasteiger partial charge in [-0.1, -0.05) is 0 Å². The van der Waals surface area contributed by atoms with Crippen molar-refractivity contribution in [2.45, 2.75) is 4.90 Å². The number of carboxylic acid groups (broad SMARTS) is 1. The Morgan fingerprint density at radius 1 is 1.30 bits per heavy atom. The van der Waals surface area contributed by atoms with Gasteiger partial charge in [0.2, 0.25) is 10.0 Å². The molecule has 0 unspecified atom stereocenters. The van der Waals surface area contributed by atoms with Crippen LogP contribution in [-0.4, -0.2) is 51.1 Å². The fraction of sp³-hybridized carbons (Fsp3) is 0.417. The third-order valence-corrected chi connectivity index (χ3v) is 5.04. The standard InChI is InChI=1S/C12H15NO6S/c1-18-9-3-4-10(19-2)11(5-9)20(16,17)13-6-8(7-13)12(14)15/h3-5,8H,6-7H2,1-2H3,(H,14,15).